The van der Waals surface area contributed by atoms with Gasteiger partial charge >= 0.3 is 6.18 Å². The second-order valence-electron chi connectivity index (χ2n) is 4.45. The molecule has 0 saturated heterocycles. The number of benzene rings is 2. The highest BCUT2D eigenvalue weighted by Crippen LogP contribution is 2.33. The maximum Gasteiger partial charge on any atom is 0.416 e. The van der Waals surface area contributed by atoms with Crippen LogP contribution in [0.2, 0.25) is 5.02 Å². The minimum Gasteiger partial charge on any atom is -0.496 e. The molecule has 0 aliphatic carbocycles. The Bertz CT molecular complexity index is 735. The number of hydrogen-bond acceptors (Lipinski definition) is 3. The Morgan fingerprint density at radius 2 is 1.96 bits per heavy atom. The van der Waals surface area contributed by atoms with E-state index in [4.69, 9.17) is 16.3 Å². The highest BCUT2D eigenvalue weighted by Gasteiger charge is 2.30. The SMILES string of the molecule is COc1ccc(Br)cc1/C=N/Nc1cc(C(F)(F)F)ccc1Cl. The molecule has 0 fully saturated rings. The van der Waals surface area contributed by atoms with E-state index >= 15 is 0 Å². The highest BCUT2D eigenvalue weighted by atomic mass is 79.9. The Hall–Kier alpha value is -1.73. The van der Waals surface area contributed by atoms with Gasteiger partial charge in [-0.2, -0.15) is 18.3 Å². The number of hydrogen-bond donors (Lipinski definition) is 1. The summed E-state index contributed by atoms with van der Waals surface area (Å²) in [5.41, 5.74) is 2.42. The number of nitrogens with zero attached hydrogens (tertiary/aromatic N) is 1. The van der Waals surface area contributed by atoms with E-state index in [1.54, 1.807) is 18.2 Å². The van der Waals surface area contributed by atoms with Crippen LogP contribution < -0.4 is 10.2 Å². The van der Waals surface area contributed by atoms with Gasteiger partial charge in [0.15, 0.2) is 0 Å². The lowest BCUT2D eigenvalue weighted by atomic mass is 10.2. The second-order valence-corrected chi connectivity index (χ2v) is 5.77. The molecule has 0 atom stereocenters. The topological polar surface area (TPSA) is 33.6 Å². The lowest BCUT2D eigenvalue weighted by Crippen LogP contribution is -2.05. The fourth-order valence-electron chi connectivity index (χ4n) is 1.76. The Balaban J connectivity index is 2.22. The third-order valence-electron chi connectivity index (χ3n) is 2.87. The molecule has 0 aliphatic rings. The Kier molecular flexibility index (Phi) is 5.54. The number of alkyl halides is 3. The summed E-state index contributed by atoms with van der Waals surface area (Å²) in [6.45, 7) is 0. The largest absolute Gasteiger partial charge is 0.496 e. The van der Waals surface area contributed by atoms with Crippen LogP contribution in [0.3, 0.4) is 0 Å². The Morgan fingerprint density at radius 1 is 1.22 bits per heavy atom. The van der Waals surface area contributed by atoms with Gasteiger partial charge in [0.05, 0.1) is 29.6 Å². The van der Waals surface area contributed by atoms with Gasteiger partial charge in [-0.3, -0.25) is 5.43 Å². The average Bonchev–Trinajstić information content (AvgIpc) is 2.48. The van der Waals surface area contributed by atoms with Crippen LogP contribution in [0.4, 0.5) is 18.9 Å². The molecule has 122 valence electrons. The van der Waals surface area contributed by atoms with Crippen LogP contribution in [0.5, 0.6) is 5.75 Å². The fraction of sp³-hybridized carbons (Fsp3) is 0.133. The van der Waals surface area contributed by atoms with E-state index in [0.29, 0.717) is 11.3 Å². The van der Waals surface area contributed by atoms with Crippen molar-refractivity contribution in [2.45, 2.75) is 6.18 Å². The van der Waals surface area contributed by atoms with Gasteiger partial charge in [0, 0.05) is 10.0 Å². The number of hydrazone groups is 1. The van der Waals surface area contributed by atoms with Crippen molar-refractivity contribution in [3.63, 3.8) is 0 Å². The number of ether oxygens (including phenoxy) is 1. The number of halogens is 5. The summed E-state index contributed by atoms with van der Waals surface area (Å²) in [4.78, 5) is 0. The summed E-state index contributed by atoms with van der Waals surface area (Å²) >= 11 is 9.20. The third kappa shape index (κ3) is 4.62. The Labute approximate surface area is 144 Å². The van der Waals surface area contributed by atoms with Crippen LogP contribution in [0.25, 0.3) is 0 Å². The molecule has 0 saturated carbocycles. The van der Waals surface area contributed by atoms with Gasteiger partial charge in [0.2, 0.25) is 0 Å². The van der Waals surface area contributed by atoms with E-state index in [2.05, 4.69) is 26.5 Å². The second kappa shape index (κ2) is 7.23. The van der Waals surface area contributed by atoms with Gasteiger partial charge < -0.3 is 4.74 Å². The molecule has 0 spiro atoms. The van der Waals surface area contributed by atoms with E-state index in [1.807, 2.05) is 0 Å². The van der Waals surface area contributed by atoms with Gasteiger partial charge in [0.25, 0.3) is 0 Å². The van der Waals surface area contributed by atoms with E-state index in [1.165, 1.54) is 19.4 Å². The van der Waals surface area contributed by atoms with Gasteiger partial charge in [-0.25, -0.2) is 0 Å². The predicted molar refractivity (Wildman–Crippen MR) is 88.4 cm³/mol. The van der Waals surface area contributed by atoms with Crippen LogP contribution >= 0.6 is 27.5 Å². The predicted octanol–water partition coefficient (Wildman–Crippen LogP) is 5.58. The molecule has 0 bridgehead atoms. The zero-order valence-corrected chi connectivity index (χ0v) is 14.1. The first-order valence-electron chi connectivity index (χ1n) is 6.30. The average molecular weight is 408 g/mol. The summed E-state index contributed by atoms with van der Waals surface area (Å²) in [6.07, 6.45) is -3.02. The number of methoxy groups -OCH3 is 1. The molecule has 3 nitrogen and oxygen atoms in total. The molecule has 23 heavy (non-hydrogen) atoms. The van der Waals surface area contributed by atoms with E-state index in [0.717, 1.165) is 16.6 Å². The monoisotopic (exact) mass is 406 g/mol. The van der Waals surface area contributed by atoms with Crippen LogP contribution in [-0.2, 0) is 6.18 Å². The van der Waals surface area contributed by atoms with Crippen LogP contribution in [0, 0.1) is 0 Å². The summed E-state index contributed by atoms with van der Waals surface area (Å²) in [5, 5.41) is 4.05. The maximum atomic E-state index is 12.7. The molecule has 0 aromatic heterocycles. The van der Waals surface area contributed by atoms with Crippen molar-refractivity contribution >= 4 is 39.4 Å². The summed E-state index contributed by atoms with van der Waals surface area (Å²) in [5.74, 6) is 0.578. The fourth-order valence-corrected chi connectivity index (χ4v) is 2.30. The number of anilines is 1. The van der Waals surface area contributed by atoms with Gasteiger partial charge in [-0.1, -0.05) is 27.5 Å². The summed E-state index contributed by atoms with van der Waals surface area (Å²) in [6, 6.07) is 8.28. The zero-order valence-electron chi connectivity index (χ0n) is 11.8. The molecule has 0 heterocycles. The van der Waals surface area contributed by atoms with Crippen LogP contribution in [0.1, 0.15) is 11.1 Å². The minimum absolute atomic E-state index is 0.0618. The van der Waals surface area contributed by atoms with Crippen molar-refractivity contribution in [2.75, 3.05) is 12.5 Å². The van der Waals surface area contributed by atoms with Gasteiger partial charge in [0.1, 0.15) is 5.75 Å². The van der Waals surface area contributed by atoms with Crippen molar-refractivity contribution in [3.05, 3.63) is 57.0 Å². The lowest BCUT2D eigenvalue weighted by molar-refractivity contribution is -0.137. The minimum atomic E-state index is -4.45. The molecule has 0 unspecified atom stereocenters. The quantitative estimate of drug-likeness (QED) is 0.530. The van der Waals surface area contributed by atoms with E-state index < -0.39 is 11.7 Å². The Morgan fingerprint density at radius 3 is 2.61 bits per heavy atom. The molecule has 2 aromatic carbocycles. The molecule has 0 radical (unpaired) electrons. The number of rotatable bonds is 4. The first-order valence-corrected chi connectivity index (χ1v) is 7.47. The molecule has 0 amide bonds. The first-order chi connectivity index (χ1) is 10.8. The molecule has 0 aliphatic heterocycles. The van der Waals surface area contributed by atoms with Crippen molar-refractivity contribution in [3.8, 4) is 5.75 Å². The smallest absolute Gasteiger partial charge is 0.416 e. The molecule has 8 heteroatoms. The van der Waals surface area contributed by atoms with Crippen LogP contribution in [0.15, 0.2) is 46.0 Å². The van der Waals surface area contributed by atoms with Crippen LogP contribution in [-0.4, -0.2) is 13.3 Å². The molecule has 2 rings (SSSR count). The van der Waals surface area contributed by atoms with Gasteiger partial charge in [-0.05, 0) is 36.4 Å². The lowest BCUT2D eigenvalue weighted by Gasteiger charge is -2.10. The van der Waals surface area contributed by atoms with E-state index in [9.17, 15) is 13.2 Å². The summed E-state index contributed by atoms with van der Waals surface area (Å²) in [7, 11) is 1.51. The molecular formula is C15H11BrClF3N2O. The third-order valence-corrected chi connectivity index (χ3v) is 3.70. The van der Waals surface area contributed by atoms with Crippen molar-refractivity contribution in [1.29, 1.82) is 0 Å². The molecular weight excluding hydrogens is 397 g/mol. The first kappa shape index (κ1) is 17.6. The van der Waals surface area contributed by atoms with Crippen molar-refractivity contribution in [1.82, 2.24) is 0 Å². The standard InChI is InChI=1S/C15H11BrClF3N2O/c1-23-14-5-3-11(16)6-9(14)8-21-22-13-7-10(15(18,19)20)2-4-12(13)17/h2-8,22H,1H3/b21-8+. The van der Waals surface area contributed by atoms with Gasteiger partial charge in [-0.15, -0.1) is 0 Å². The molecule has 2 aromatic rings. The maximum absolute atomic E-state index is 12.7. The zero-order chi connectivity index (χ0) is 17.0. The van der Waals surface area contributed by atoms with Crippen molar-refractivity contribution < 1.29 is 17.9 Å². The normalized spacial score (nSPS) is 11.7. The van der Waals surface area contributed by atoms with E-state index in [-0.39, 0.29) is 10.7 Å². The number of nitrogens with one attached hydrogen (secondary N) is 1. The summed E-state index contributed by atoms with van der Waals surface area (Å²) < 4.78 is 44.1. The van der Waals surface area contributed by atoms with Crippen molar-refractivity contribution in [2.24, 2.45) is 5.10 Å². The highest BCUT2D eigenvalue weighted by molar-refractivity contribution is 9.10. The molecule has 1 N–H and O–H groups in total.